The number of rotatable bonds is 7. The van der Waals surface area contributed by atoms with Crippen LogP contribution in [0.5, 0.6) is 0 Å². The highest BCUT2D eigenvalue weighted by atomic mass is 32.1. The van der Waals surface area contributed by atoms with E-state index in [1.807, 2.05) is 4.68 Å². The van der Waals surface area contributed by atoms with Crippen molar-refractivity contribution < 1.29 is 0 Å². The Balaban J connectivity index is 2.65. The molecular weight excluding hydrogens is 234 g/mol. The van der Waals surface area contributed by atoms with E-state index in [0.717, 1.165) is 25.5 Å². The Bertz CT molecular complexity index is 360. The highest BCUT2D eigenvalue weighted by Crippen LogP contribution is 2.04. The number of hydrogen-bond acceptors (Lipinski definition) is 4. The van der Waals surface area contributed by atoms with Crippen LogP contribution in [0.3, 0.4) is 0 Å². The van der Waals surface area contributed by atoms with E-state index in [4.69, 9.17) is 18.0 Å². The lowest BCUT2D eigenvalue weighted by molar-refractivity contribution is 0.300. The van der Waals surface area contributed by atoms with Gasteiger partial charge in [-0.15, -0.1) is 0 Å². The zero-order chi connectivity index (χ0) is 12.8. The highest BCUT2D eigenvalue weighted by molar-refractivity contribution is 7.80. The number of nitrogens with zero attached hydrogens (tertiary/aromatic N) is 4. The molecule has 0 saturated carbocycles. The predicted octanol–water partition coefficient (Wildman–Crippen LogP) is 1.04. The van der Waals surface area contributed by atoms with Gasteiger partial charge in [0.1, 0.15) is 12.2 Å². The fraction of sp³-hybridized carbons (Fsp3) is 0.727. The first-order chi connectivity index (χ1) is 8.02. The Morgan fingerprint density at radius 2 is 2.29 bits per heavy atom. The predicted molar refractivity (Wildman–Crippen MR) is 72.6 cm³/mol. The largest absolute Gasteiger partial charge is 0.392 e. The lowest BCUT2D eigenvalue weighted by atomic mass is 10.2. The number of aromatic nitrogens is 3. The van der Waals surface area contributed by atoms with Crippen LogP contribution in [0.4, 0.5) is 0 Å². The molecule has 0 atom stereocenters. The lowest BCUT2D eigenvalue weighted by Gasteiger charge is -2.19. The summed E-state index contributed by atoms with van der Waals surface area (Å²) >= 11 is 4.93. The summed E-state index contributed by atoms with van der Waals surface area (Å²) in [6.45, 7) is 9.56. The van der Waals surface area contributed by atoms with Crippen LogP contribution in [-0.2, 0) is 13.1 Å². The van der Waals surface area contributed by atoms with Crippen molar-refractivity contribution in [3.05, 3.63) is 12.2 Å². The van der Waals surface area contributed by atoms with E-state index in [9.17, 15) is 0 Å². The average molecular weight is 255 g/mol. The minimum Gasteiger partial charge on any atom is -0.392 e. The van der Waals surface area contributed by atoms with Crippen LogP contribution in [0.15, 0.2) is 6.33 Å². The van der Waals surface area contributed by atoms with Crippen molar-refractivity contribution in [2.45, 2.75) is 33.9 Å². The van der Waals surface area contributed by atoms with Crippen LogP contribution in [0, 0.1) is 5.92 Å². The molecule has 2 N–H and O–H groups in total. The molecular formula is C11H21N5S. The number of likely N-dealkylation sites (N-methyl/N-ethyl adjacent to an activating group) is 1. The summed E-state index contributed by atoms with van der Waals surface area (Å²) in [6, 6.07) is 0. The lowest BCUT2D eigenvalue weighted by Crippen LogP contribution is -2.33. The molecule has 5 nitrogen and oxygen atoms in total. The van der Waals surface area contributed by atoms with Crippen molar-refractivity contribution >= 4 is 17.2 Å². The normalized spacial score (nSPS) is 11.4. The van der Waals surface area contributed by atoms with Gasteiger partial charge in [-0.05, 0) is 12.5 Å². The van der Waals surface area contributed by atoms with Crippen molar-refractivity contribution in [1.29, 1.82) is 0 Å². The third-order valence-corrected chi connectivity index (χ3v) is 2.55. The average Bonchev–Trinajstić information content (AvgIpc) is 2.63. The van der Waals surface area contributed by atoms with E-state index in [0.29, 0.717) is 17.5 Å². The van der Waals surface area contributed by atoms with Crippen molar-refractivity contribution in [3.8, 4) is 0 Å². The van der Waals surface area contributed by atoms with Gasteiger partial charge >= 0.3 is 0 Å². The Morgan fingerprint density at radius 1 is 1.59 bits per heavy atom. The van der Waals surface area contributed by atoms with E-state index in [1.165, 1.54) is 0 Å². The van der Waals surface area contributed by atoms with E-state index in [1.54, 1.807) is 6.33 Å². The van der Waals surface area contributed by atoms with Crippen molar-refractivity contribution in [1.82, 2.24) is 19.7 Å². The molecule has 0 fully saturated rings. The van der Waals surface area contributed by atoms with Gasteiger partial charge in [0, 0.05) is 13.1 Å². The molecule has 6 heteroatoms. The third kappa shape index (κ3) is 4.79. The Labute approximate surface area is 108 Å². The van der Waals surface area contributed by atoms with Crippen molar-refractivity contribution in [3.63, 3.8) is 0 Å². The second kappa shape index (κ2) is 6.66. The van der Waals surface area contributed by atoms with E-state index >= 15 is 0 Å². The SMILES string of the molecule is CCN(CC(N)=S)Cc1ncnn1CC(C)C. The van der Waals surface area contributed by atoms with E-state index in [-0.39, 0.29) is 0 Å². The summed E-state index contributed by atoms with van der Waals surface area (Å²) in [6.07, 6.45) is 1.60. The second-order valence-electron chi connectivity index (χ2n) is 4.52. The molecule has 0 aliphatic heterocycles. The minimum atomic E-state index is 0.516. The van der Waals surface area contributed by atoms with Gasteiger partial charge in [0.25, 0.3) is 0 Å². The van der Waals surface area contributed by atoms with Crippen molar-refractivity contribution in [2.24, 2.45) is 11.7 Å². The van der Waals surface area contributed by atoms with Gasteiger partial charge in [0.15, 0.2) is 0 Å². The molecule has 1 heterocycles. The standard InChI is InChI=1S/C11H21N5S/c1-4-15(6-10(12)17)7-11-13-8-14-16(11)5-9(2)3/h8-9H,4-7H2,1-3H3,(H2,12,17). The molecule has 0 aliphatic rings. The Morgan fingerprint density at radius 3 is 2.82 bits per heavy atom. The fourth-order valence-corrected chi connectivity index (χ4v) is 1.79. The molecule has 0 aromatic carbocycles. The Hall–Kier alpha value is -1.01. The first kappa shape index (κ1) is 14.1. The molecule has 1 aromatic heterocycles. The fourth-order valence-electron chi connectivity index (χ4n) is 1.61. The summed E-state index contributed by atoms with van der Waals surface area (Å²) in [5.41, 5.74) is 5.56. The first-order valence-electron chi connectivity index (χ1n) is 5.90. The number of thiocarbonyl (C=S) groups is 1. The smallest absolute Gasteiger partial charge is 0.141 e. The maximum atomic E-state index is 5.56. The topological polar surface area (TPSA) is 60.0 Å². The van der Waals surface area contributed by atoms with Gasteiger partial charge in [-0.2, -0.15) is 5.10 Å². The van der Waals surface area contributed by atoms with Crippen LogP contribution in [0.2, 0.25) is 0 Å². The van der Waals surface area contributed by atoms with Gasteiger partial charge in [-0.1, -0.05) is 33.0 Å². The quantitative estimate of drug-likeness (QED) is 0.738. The van der Waals surface area contributed by atoms with E-state index < -0.39 is 0 Å². The molecule has 0 amide bonds. The second-order valence-corrected chi connectivity index (χ2v) is 5.05. The summed E-state index contributed by atoms with van der Waals surface area (Å²) < 4.78 is 1.95. The van der Waals surface area contributed by atoms with Gasteiger partial charge < -0.3 is 5.73 Å². The highest BCUT2D eigenvalue weighted by Gasteiger charge is 2.11. The molecule has 0 radical (unpaired) electrons. The van der Waals surface area contributed by atoms with Gasteiger partial charge in [-0.3, -0.25) is 4.90 Å². The molecule has 1 rings (SSSR count). The number of hydrogen-bond donors (Lipinski definition) is 1. The molecule has 1 aromatic rings. The van der Waals surface area contributed by atoms with Crippen LogP contribution in [0.1, 0.15) is 26.6 Å². The minimum absolute atomic E-state index is 0.516. The van der Waals surface area contributed by atoms with Gasteiger partial charge in [-0.25, -0.2) is 9.67 Å². The molecule has 0 unspecified atom stereocenters. The molecule has 0 spiro atoms. The molecule has 96 valence electrons. The maximum absolute atomic E-state index is 5.56. The molecule has 17 heavy (non-hydrogen) atoms. The van der Waals surface area contributed by atoms with Crippen LogP contribution in [-0.4, -0.2) is 37.7 Å². The first-order valence-corrected chi connectivity index (χ1v) is 6.31. The van der Waals surface area contributed by atoms with Crippen LogP contribution >= 0.6 is 12.2 Å². The monoisotopic (exact) mass is 255 g/mol. The number of nitrogens with two attached hydrogens (primary N) is 1. The van der Waals surface area contributed by atoms with Crippen LogP contribution < -0.4 is 5.73 Å². The van der Waals surface area contributed by atoms with Gasteiger partial charge in [0.05, 0.1) is 11.5 Å². The molecule has 0 aliphatic carbocycles. The zero-order valence-electron chi connectivity index (χ0n) is 10.8. The molecule has 0 saturated heterocycles. The van der Waals surface area contributed by atoms with Crippen LogP contribution in [0.25, 0.3) is 0 Å². The zero-order valence-corrected chi connectivity index (χ0v) is 11.6. The summed E-state index contributed by atoms with van der Waals surface area (Å²) in [7, 11) is 0. The summed E-state index contributed by atoms with van der Waals surface area (Å²) in [5, 5.41) is 4.24. The summed E-state index contributed by atoms with van der Waals surface area (Å²) in [5.74, 6) is 1.53. The molecule has 0 bridgehead atoms. The Kier molecular flexibility index (Phi) is 5.50. The van der Waals surface area contributed by atoms with Crippen molar-refractivity contribution in [2.75, 3.05) is 13.1 Å². The maximum Gasteiger partial charge on any atom is 0.141 e. The third-order valence-electron chi connectivity index (χ3n) is 2.43. The van der Waals surface area contributed by atoms with Gasteiger partial charge in [0.2, 0.25) is 0 Å². The van der Waals surface area contributed by atoms with E-state index in [2.05, 4.69) is 35.8 Å². The summed E-state index contributed by atoms with van der Waals surface area (Å²) in [4.78, 5) is 6.96.